The Labute approximate surface area is 190 Å². The number of benzene rings is 3. The third-order valence-electron chi connectivity index (χ3n) is 5.13. The summed E-state index contributed by atoms with van der Waals surface area (Å²) < 4.78 is 44.3. The van der Waals surface area contributed by atoms with Crippen LogP contribution in [0.1, 0.15) is 0 Å². The van der Waals surface area contributed by atoms with Gasteiger partial charge in [-0.3, -0.25) is 0 Å². The molecule has 0 aliphatic heterocycles. The van der Waals surface area contributed by atoms with Crippen LogP contribution in [0, 0.1) is 0 Å². The van der Waals surface area contributed by atoms with Crippen LogP contribution in [0.4, 0.5) is 0 Å². The average molecular weight is 474 g/mol. The zero-order chi connectivity index (χ0) is 23.0. The molecule has 1 N–H and O–H groups in total. The van der Waals surface area contributed by atoms with Gasteiger partial charge in [-0.1, -0.05) is 29.8 Å². The molecule has 1 heterocycles. The monoisotopic (exact) mass is 473 g/mol. The number of aromatic hydroxyl groups is 1. The minimum atomic E-state index is -4.28. The van der Waals surface area contributed by atoms with Crippen LogP contribution in [0.5, 0.6) is 23.1 Å². The van der Waals surface area contributed by atoms with Gasteiger partial charge in [0.05, 0.1) is 32.4 Å². The van der Waals surface area contributed by atoms with E-state index in [1.54, 1.807) is 42.5 Å². The van der Waals surface area contributed by atoms with Crippen LogP contribution in [0.3, 0.4) is 0 Å². The van der Waals surface area contributed by atoms with Crippen LogP contribution in [0.25, 0.3) is 22.0 Å². The lowest BCUT2D eigenvalue weighted by Crippen LogP contribution is -2.13. The van der Waals surface area contributed by atoms with Gasteiger partial charge in [-0.15, -0.1) is 0 Å². The summed E-state index contributed by atoms with van der Waals surface area (Å²) in [5, 5.41) is 12.1. The highest BCUT2D eigenvalue weighted by Crippen LogP contribution is 2.46. The molecule has 32 heavy (non-hydrogen) atoms. The maximum absolute atomic E-state index is 13.7. The third kappa shape index (κ3) is 3.41. The standard InChI is InChI=1S/C23H20ClNO6S/c1-29-15-9-11-21(20(13-15)31-3)32(27,28)25-18-10-8-14(24)12-17(18)22(23(25)26)16-6-4-5-7-19(16)30-2/h4-13,26H,1-3H3. The average Bonchev–Trinajstić information content (AvgIpc) is 3.09. The molecule has 7 nitrogen and oxygen atoms in total. The number of hydrogen-bond donors (Lipinski definition) is 1. The fourth-order valence-corrected chi connectivity index (χ4v) is 5.41. The van der Waals surface area contributed by atoms with Gasteiger partial charge in [-0.25, -0.2) is 12.4 Å². The van der Waals surface area contributed by atoms with Crippen LogP contribution in [0.2, 0.25) is 5.02 Å². The number of aromatic nitrogens is 1. The molecule has 4 rings (SSSR count). The number of halogens is 1. The largest absolute Gasteiger partial charge is 0.497 e. The van der Waals surface area contributed by atoms with E-state index in [9.17, 15) is 13.5 Å². The van der Waals surface area contributed by atoms with Crippen LogP contribution < -0.4 is 14.2 Å². The second kappa shape index (κ2) is 8.29. The van der Waals surface area contributed by atoms with E-state index in [2.05, 4.69) is 0 Å². The molecule has 0 unspecified atom stereocenters. The van der Waals surface area contributed by atoms with Crippen molar-refractivity contribution < 1.29 is 27.7 Å². The Morgan fingerprint density at radius 1 is 0.875 bits per heavy atom. The molecule has 0 radical (unpaired) electrons. The molecule has 0 bridgehead atoms. The molecule has 0 saturated carbocycles. The molecular formula is C23H20ClNO6S. The van der Waals surface area contributed by atoms with Crippen molar-refractivity contribution in [2.75, 3.05) is 21.3 Å². The zero-order valence-corrected chi connectivity index (χ0v) is 19.1. The van der Waals surface area contributed by atoms with Crippen molar-refractivity contribution in [1.82, 2.24) is 3.97 Å². The van der Waals surface area contributed by atoms with E-state index >= 15 is 0 Å². The summed E-state index contributed by atoms with van der Waals surface area (Å²) in [4.78, 5) is -0.130. The highest BCUT2D eigenvalue weighted by molar-refractivity contribution is 7.90. The lowest BCUT2D eigenvalue weighted by Gasteiger charge is -2.14. The maximum atomic E-state index is 13.7. The van der Waals surface area contributed by atoms with E-state index < -0.39 is 15.9 Å². The topological polar surface area (TPSA) is 87.0 Å². The highest BCUT2D eigenvalue weighted by Gasteiger charge is 2.31. The van der Waals surface area contributed by atoms with Gasteiger partial charge in [-0.05, 0) is 36.4 Å². The van der Waals surface area contributed by atoms with Crippen molar-refractivity contribution in [3.63, 3.8) is 0 Å². The second-order valence-electron chi connectivity index (χ2n) is 6.85. The smallest absolute Gasteiger partial charge is 0.274 e. The zero-order valence-electron chi connectivity index (χ0n) is 17.5. The van der Waals surface area contributed by atoms with Crippen molar-refractivity contribution in [1.29, 1.82) is 0 Å². The van der Waals surface area contributed by atoms with E-state index in [1.165, 1.54) is 39.5 Å². The fourth-order valence-electron chi connectivity index (χ4n) is 3.67. The Balaban J connectivity index is 2.08. The van der Waals surface area contributed by atoms with Gasteiger partial charge in [0.1, 0.15) is 22.1 Å². The van der Waals surface area contributed by atoms with Gasteiger partial charge in [0.15, 0.2) is 0 Å². The van der Waals surface area contributed by atoms with Gasteiger partial charge in [0.25, 0.3) is 10.0 Å². The lowest BCUT2D eigenvalue weighted by atomic mass is 10.0. The number of fused-ring (bicyclic) bond motifs is 1. The van der Waals surface area contributed by atoms with Crippen molar-refractivity contribution in [3.05, 3.63) is 65.7 Å². The highest BCUT2D eigenvalue weighted by atomic mass is 35.5. The molecule has 1 aromatic heterocycles. The van der Waals surface area contributed by atoms with E-state index in [0.29, 0.717) is 27.5 Å². The number of nitrogens with zero attached hydrogens (tertiary/aromatic N) is 1. The predicted molar refractivity (Wildman–Crippen MR) is 123 cm³/mol. The second-order valence-corrected chi connectivity index (χ2v) is 9.04. The fraction of sp³-hybridized carbons (Fsp3) is 0.130. The van der Waals surface area contributed by atoms with E-state index in [4.69, 9.17) is 25.8 Å². The summed E-state index contributed by atoms with van der Waals surface area (Å²) in [6, 6.07) is 16.1. The number of rotatable bonds is 6. The molecule has 0 fully saturated rings. The molecule has 3 aromatic carbocycles. The molecular weight excluding hydrogens is 454 g/mol. The molecule has 0 amide bonds. The SMILES string of the molecule is COc1ccc(S(=O)(=O)n2c(O)c(-c3ccccc3OC)c3cc(Cl)ccc32)c(OC)c1. The Hall–Kier alpha value is -3.36. The third-order valence-corrected chi connectivity index (χ3v) is 7.11. The summed E-state index contributed by atoms with van der Waals surface area (Å²) >= 11 is 6.22. The first-order chi connectivity index (χ1) is 15.3. The Morgan fingerprint density at radius 2 is 1.59 bits per heavy atom. The number of hydrogen-bond acceptors (Lipinski definition) is 6. The molecule has 9 heteroatoms. The Kier molecular flexibility index (Phi) is 5.66. The van der Waals surface area contributed by atoms with Crippen LogP contribution in [-0.4, -0.2) is 38.8 Å². The molecule has 0 aliphatic rings. The molecule has 0 spiro atoms. The number of ether oxygens (including phenoxy) is 3. The van der Waals surface area contributed by atoms with Crippen molar-refractivity contribution in [2.45, 2.75) is 4.90 Å². The maximum Gasteiger partial charge on any atom is 0.274 e. The molecule has 4 aromatic rings. The number of methoxy groups -OCH3 is 3. The van der Waals surface area contributed by atoms with Crippen LogP contribution in [-0.2, 0) is 10.0 Å². The van der Waals surface area contributed by atoms with Crippen molar-refractivity contribution in [2.24, 2.45) is 0 Å². The van der Waals surface area contributed by atoms with Gasteiger partial charge in [0.2, 0.25) is 5.88 Å². The quantitative estimate of drug-likeness (QED) is 0.427. The first-order valence-corrected chi connectivity index (χ1v) is 11.3. The van der Waals surface area contributed by atoms with Crippen molar-refractivity contribution in [3.8, 4) is 34.3 Å². The number of para-hydroxylation sites is 1. The normalized spacial score (nSPS) is 11.5. The summed E-state index contributed by atoms with van der Waals surface area (Å²) in [5.41, 5.74) is 1.07. The predicted octanol–water partition coefficient (Wildman–Crippen LogP) is 4.93. The summed E-state index contributed by atoms with van der Waals surface area (Å²) in [6.07, 6.45) is 0. The summed E-state index contributed by atoms with van der Waals surface area (Å²) in [7, 11) is 0.0519. The molecule has 166 valence electrons. The Morgan fingerprint density at radius 3 is 2.28 bits per heavy atom. The van der Waals surface area contributed by atoms with Crippen molar-refractivity contribution >= 4 is 32.5 Å². The molecule has 0 atom stereocenters. The minimum Gasteiger partial charge on any atom is -0.497 e. The first-order valence-electron chi connectivity index (χ1n) is 9.47. The van der Waals surface area contributed by atoms with E-state index in [1.807, 2.05) is 0 Å². The summed E-state index contributed by atoms with van der Waals surface area (Å²) in [6.45, 7) is 0. The van der Waals surface area contributed by atoms with Crippen LogP contribution >= 0.6 is 11.6 Å². The van der Waals surface area contributed by atoms with Gasteiger partial charge in [0, 0.05) is 22.0 Å². The van der Waals surface area contributed by atoms with Gasteiger partial charge < -0.3 is 19.3 Å². The Bertz CT molecular complexity index is 1430. The molecule has 0 saturated heterocycles. The van der Waals surface area contributed by atoms with E-state index in [-0.39, 0.29) is 21.7 Å². The van der Waals surface area contributed by atoms with E-state index in [0.717, 1.165) is 3.97 Å². The van der Waals surface area contributed by atoms with Gasteiger partial charge >= 0.3 is 0 Å². The summed E-state index contributed by atoms with van der Waals surface area (Å²) in [5.74, 6) is 0.521. The lowest BCUT2D eigenvalue weighted by molar-refractivity contribution is 0.385. The van der Waals surface area contributed by atoms with Gasteiger partial charge in [-0.2, -0.15) is 0 Å². The molecule has 0 aliphatic carbocycles. The first kappa shape index (κ1) is 21.9. The van der Waals surface area contributed by atoms with Crippen LogP contribution in [0.15, 0.2) is 65.6 Å². The minimum absolute atomic E-state index is 0.0819.